The molecule has 75 heavy (non-hydrogen) atoms. The van der Waals surface area contributed by atoms with Crippen molar-refractivity contribution in [1.29, 1.82) is 0 Å². The lowest BCUT2D eigenvalue weighted by Crippen LogP contribution is -2.16. The Labute approximate surface area is 436 Å². The van der Waals surface area contributed by atoms with Crippen molar-refractivity contribution < 1.29 is 0 Å². The third kappa shape index (κ3) is 5.60. The van der Waals surface area contributed by atoms with Crippen LogP contribution in [0.3, 0.4) is 0 Å². The van der Waals surface area contributed by atoms with Gasteiger partial charge in [-0.25, -0.2) is 0 Å². The quantitative estimate of drug-likeness (QED) is 0.162. The van der Waals surface area contributed by atoms with Crippen molar-refractivity contribution in [2.75, 3.05) is 4.90 Å². The number of para-hydroxylation sites is 4. The predicted octanol–water partition coefficient (Wildman–Crippen LogP) is 19.3. The molecule has 0 amide bonds. The molecule has 3 aliphatic rings. The number of anilines is 3. The SMILES string of the molecule is CC1(C)c2ccccc2-c2c(N(c3cccc(-c4ccccc4-c4cc5c6c7c4c4ccccc4n7-c4ccccc4-c4cccc(c4-6)C5(C)C)c3)c3cccc4c3c3ccccc3n4-c3ccccc3)cccc21. The number of aromatic nitrogens is 2. The second kappa shape index (κ2) is 15.2. The molecule has 0 fully saturated rings. The molecule has 1 aliphatic heterocycles. The van der Waals surface area contributed by atoms with Crippen LogP contribution in [0, 0.1) is 0 Å². The molecule has 13 aromatic rings. The number of hydrogen-bond donors (Lipinski definition) is 0. The molecule has 0 saturated heterocycles. The van der Waals surface area contributed by atoms with Crippen molar-refractivity contribution in [3.8, 4) is 67.0 Å². The highest BCUT2D eigenvalue weighted by Crippen LogP contribution is 2.61. The minimum Gasteiger partial charge on any atom is -0.309 e. The highest BCUT2D eigenvalue weighted by Gasteiger charge is 2.43. The average molecular weight is 958 g/mol. The first-order valence-corrected chi connectivity index (χ1v) is 26.4. The molecular weight excluding hydrogens is 907 g/mol. The van der Waals surface area contributed by atoms with Gasteiger partial charge >= 0.3 is 0 Å². The Balaban J connectivity index is 0.973. The molecule has 11 aromatic carbocycles. The Hall–Kier alpha value is -9.18. The minimum atomic E-state index is -0.222. The van der Waals surface area contributed by atoms with Crippen molar-refractivity contribution in [3.05, 3.63) is 259 Å². The predicted molar refractivity (Wildman–Crippen MR) is 315 cm³/mol. The lowest BCUT2D eigenvalue weighted by atomic mass is 9.80. The van der Waals surface area contributed by atoms with Crippen LogP contribution >= 0.6 is 0 Å². The molecule has 2 aromatic heterocycles. The van der Waals surface area contributed by atoms with Gasteiger partial charge in [0.2, 0.25) is 0 Å². The summed E-state index contributed by atoms with van der Waals surface area (Å²) in [6, 6.07) is 88.8. The largest absolute Gasteiger partial charge is 0.309 e. The third-order valence-electron chi connectivity index (χ3n) is 17.4. The Bertz CT molecular complexity index is 4600. The molecule has 2 aliphatic carbocycles. The van der Waals surface area contributed by atoms with Gasteiger partial charge in [0, 0.05) is 60.4 Å². The fourth-order valence-electron chi connectivity index (χ4n) is 14.1. The van der Waals surface area contributed by atoms with Gasteiger partial charge in [0.15, 0.2) is 0 Å². The second-order valence-electron chi connectivity index (χ2n) is 22.0. The van der Waals surface area contributed by atoms with Crippen molar-refractivity contribution in [1.82, 2.24) is 9.13 Å². The fraction of sp³-hybridized carbons (Fsp3) is 0.0833. The first-order chi connectivity index (χ1) is 36.8. The van der Waals surface area contributed by atoms with Gasteiger partial charge in [-0.2, -0.15) is 0 Å². The number of hydrogen-bond acceptors (Lipinski definition) is 1. The summed E-state index contributed by atoms with van der Waals surface area (Å²) in [5, 5.41) is 5.00. The molecule has 3 nitrogen and oxygen atoms in total. The van der Waals surface area contributed by atoms with E-state index in [2.05, 4.69) is 278 Å². The Morgan fingerprint density at radius 1 is 0.333 bits per heavy atom. The third-order valence-corrected chi connectivity index (χ3v) is 17.4. The lowest BCUT2D eigenvalue weighted by molar-refractivity contribution is 0.660. The summed E-state index contributed by atoms with van der Waals surface area (Å²) >= 11 is 0. The van der Waals surface area contributed by atoms with Gasteiger partial charge in [-0.3, -0.25) is 0 Å². The van der Waals surface area contributed by atoms with Crippen molar-refractivity contribution in [2.45, 2.75) is 38.5 Å². The topological polar surface area (TPSA) is 13.1 Å². The van der Waals surface area contributed by atoms with Crippen LogP contribution in [0.2, 0.25) is 0 Å². The zero-order valence-corrected chi connectivity index (χ0v) is 42.4. The highest BCUT2D eigenvalue weighted by molar-refractivity contribution is 6.24. The van der Waals surface area contributed by atoms with Gasteiger partial charge in [0.05, 0.1) is 39.1 Å². The molecule has 0 bridgehead atoms. The van der Waals surface area contributed by atoms with E-state index in [1.54, 1.807) is 0 Å². The Morgan fingerprint density at radius 2 is 0.893 bits per heavy atom. The van der Waals surface area contributed by atoms with Crippen LogP contribution in [0.4, 0.5) is 17.1 Å². The lowest BCUT2D eigenvalue weighted by Gasteiger charge is -2.30. The molecule has 3 heteroatoms. The van der Waals surface area contributed by atoms with Gasteiger partial charge in [0.25, 0.3) is 0 Å². The first kappa shape index (κ1) is 42.3. The number of fused-ring (bicyclic) bond motifs is 12. The summed E-state index contributed by atoms with van der Waals surface area (Å²) in [6.07, 6.45) is 0. The van der Waals surface area contributed by atoms with E-state index < -0.39 is 0 Å². The monoisotopic (exact) mass is 957 g/mol. The van der Waals surface area contributed by atoms with E-state index in [0.29, 0.717) is 0 Å². The molecule has 0 atom stereocenters. The smallest absolute Gasteiger partial charge is 0.0629 e. The van der Waals surface area contributed by atoms with Crippen LogP contribution in [-0.2, 0) is 10.8 Å². The van der Waals surface area contributed by atoms with Gasteiger partial charge < -0.3 is 14.0 Å². The summed E-state index contributed by atoms with van der Waals surface area (Å²) in [7, 11) is 0. The average Bonchev–Trinajstić information content (AvgIpc) is 4.22. The van der Waals surface area contributed by atoms with Crippen LogP contribution in [-0.4, -0.2) is 9.13 Å². The van der Waals surface area contributed by atoms with E-state index in [0.717, 1.165) is 22.6 Å². The maximum absolute atomic E-state index is 2.59. The standard InChI is InChI=1S/C72H51N3/c1-71(2)55-33-14-10-29-51(55)66-56(71)35-20-39-62(66)74(64-41-21-40-63-68(64)53-31-13-16-37-60(53)73(63)45-23-6-5-7-24-45)46-25-18-22-44(42-46)47-26-8-9-27-48(47)54-43-58-69-67-50(32-19-34-57(67)72(58,3)4)49-28-11-15-36-59(49)75-61-38-17-12-30-52(61)65(54)70(69)75/h5-43H,1-4H3. The molecule has 0 N–H and O–H groups in total. The molecular formula is C72H51N3. The molecule has 0 saturated carbocycles. The van der Waals surface area contributed by atoms with E-state index in [1.807, 2.05) is 0 Å². The first-order valence-electron chi connectivity index (χ1n) is 26.4. The summed E-state index contributed by atoms with van der Waals surface area (Å²) in [5.74, 6) is 0. The van der Waals surface area contributed by atoms with E-state index >= 15 is 0 Å². The van der Waals surface area contributed by atoms with Crippen LogP contribution in [0.25, 0.3) is 111 Å². The highest BCUT2D eigenvalue weighted by atomic mass is 15.2. The summed E-state index contributed by atoms with van der Waals surface area (Å²) < 4.78 is 5.02. The Morgan fingerprint density at radius 3 is 1.71 bits per heavy atom. The summed E-state index contributed by atoms with van der Waals surface area (Å²) in [4.78, 5) is 2.57. The van der Waals surface area contributed by atoms with E-state index in [4.69, 9.17) is 0 Å². The zero-order valence-electron chi connectivity index (χ0n) is 42.4. The number of rotatable bonds is 6. The zero-order chi connectivity index (χ0) is 49.9. The second-order valence-corrected chi connectivity index (χ2v) is 22.0. The summed E-state index contributed by atoms with van der Waals surface area (Å²) in [5.41, 5.74) is 28.5. The van der Waals surface area contributed by atoms with Crippen LogP contribution in [0.15, 0.2) is 237 Å². The van der Waals surface area contributed by atoms with Crippen molar-refractivity contribution >= 4 is 60.7 Å². The number of benzene rings is 11. The van der Waals surface area contributed by atoms with Crippen LogP contribution in [0.1, 0.15) is 49.9 Å². The molecule has 16 rings (SSSR count). The minimum absolute atomic E-state index is 0.173. The maximum atomic E-state index is 2.59. The maximum Gasteiger partial charge on any atom is 0.0629 e. The van der Waals surface area contributed by atoms with E-state index in [1.165, 1.54) is 127 Å². The van der Waals surface area contributed by atoms with Gasteiger partial charge in [0.1, 0.15) is 0 Å². The van der Waals surface area contributed by atoms with Crippen molar-refractivity contribution in [2.24, 2.45) is 0 Å². The van der Waals surface area contributed by atoms with Crippen molar-refractivity contribution in [3.63, 3.8) is 0 Å². The Kier molecular flexibility index (Phi) is 8.58. The number of nitrogens with zero attached hydrogens (tertiary/aromatic N) is 3. The normalized spacial score (nSPS) is 14.1. The molecule has 0 unspecified atom stereocenters. The van der Waals surface area contributed by atoms with E-state index in [9.17, 15) is 0 Å². The molecule has 0 radical (unpaired) electrons. The van der Waals surface area contributed by atoms with Gasteiger partial charge in [-0.05, 0) is 128 Å². The molecule has 354 valence electrons. The fourth-order valence-corrected chi connectivity index (χ4v) is 14.1. The molecule has 0 spiro atoms. The van der Waals surface area contributed by atoms with Gasteiger partial charge in [-0.1, -0.05) is 198 Å². The van der Waals surface area contributed by atoms with Crippen LogP contribution < -0.4 is 4.90 Å². The molecule has 3 heterocycles. The summed E-state index contributed by atoms with van der Waals surface area (Å²) in [6.45, 7) is 9.62. The van der Waals surface area contributed by atoms with Gasteiger partial charge in [-0.15, -0.1) is 0 Å². The van der Waals surface area contributed by atoms with Crippen LogP contribution in [0.5, 0.6) is 0 Å². The van der Waals surface area contributed by atoms with E-state index in [-0.39, 0.29) is 10.8 Å².